The maximum Gasteiger partial charge on any atom is 0.129 e. The van der Waals surface area contributed by atoms with E-state index in [4.69, 9.17) is 0 Å². The fraction of sp³-hybridized carbons (Fsp3) is 0.333. The number of hydrogen-bond donors (Lipinski definition) is 0. The summed E-state index contributed by atoms with van der Waals surface area (Å²) in [5, 5.41) is 2.17. The molecule has 0 unspecified atom stereocenters. The molecule has 0 fully saturated rings. The summed E-state index contributed by atoms with van der Waals surface area (Å²) in [7, 11) is 1.86. The summed E-state index contributed by atoms with van der Waals surface area (Å²) < 4.78 is 6.51. The number of hydrogen-bond acceptors (Lipinski definition) is 1. The van der Waals surface area contributed by atoms with Crippen LogP contribution in [0.2, 0.25) is 5.31 Å². The molecule has 7 heavy (non-hydrogen) atoms. The van der Waals surface area contributed by atoms with Crippen LogP contribution in [0.3, 0.4) is 0 Å². The molecule has 0 aromatic rings. The van der Waals surface area contributed by atoms with Gasteiger partial charge in [-0.2, -0.15) is 0 Å². The zero-order valence-electron chi connectivity index (χ0n) is 5.01. The van der Waals surface area contributed by atoms with E-state index in [2.05, 4.69) is 16.0 Å². The Labute approximate surface area is 60.2 Å². The van der Waals surface area contributed by atoms with E-state index >= 15 is 0 Å². The van der Waals surface area contributed by atoms with Crippen molar-refractivity contribution in [2.24, 2.45) is 0 Å². The molecule has 0 N–H and O–H groups in total. The summed E-state index contributed by atoms with van der Waals surface area (Å²) in [6, 6.07) is 0. The quantitative estimate of drug-likeness (QED) is 0.554. The van der Waals surface area contributed by atoms with Crippen LogP contribution in [-0.2, 0) is 22.7 Å². The molecule has 0 rings (SSSR count). The van der Waals surface area contributed by atoms with Gasteiger partial charge < -0.3 is 4.12 Å². The second-order valence-electron chi connectivity index (χ2n) is 0.720. The van der Waals surface area contributed by atoms with Gasteiger partial charge in [-0.25, -0.2) is 0 Å². The maximum atomic E-state index is 4.53. The van der Waals surface area contributed by atoms with Crippen molar-refractivity contribution < 1.29 is 22.7 Å². The van der Waals surface area contributed by atoms with Crippen molar-refractivity contribution in [2.75, 3.05) is 0 Å². The van der Waals surface area contributed by atoms with Crippen molar-refractivity contribution in [1.82, 2.24) is 0 Å². The monoisotopic (exact) mass is 315 g/mol. The van der Waals surface area contributed by atoms with Gasteiger partial charge in [-0.05, 0) is 0 Å². The van der Waals surface area contributed by atoms with Crippen LogP contribution in [0, 0.1) is 0 Å². The van der Waals surface area contributed by atoms with Crippen LogP contribution in [0.25, 0.3) is 0 Å². The van der Waals surface area contributed by atoms with Gasteiger partial charge in [-0.3, -0.25) is 0 Å². The van der Waals surface area contributed by atoms with Crippen molar-refractivity contribution in [1.29, 1.82) is 0 Å². The van der Waals surface area contributed by atoms with E-state index in [-0.39, 0.29) is 0 Å². The minimum atomic E-state index is 0.367. The van der Waals surface area contributed by atoms with E-state index in [0.29, 0.717) is 18.6 Å². The van der Waals surface area contributed by atoms with Gasteiger partial charge in [0.25, 0.3) is 0 Å². The largest absolute Gasteiger partial charge is 0.471 e. The standard InChI is InChI=1S/C2H3.CH3.H6OSi2.Pt/c1-2;;2-1-3;/h1H,2H2;1H3;2-3H3;. The molecule has 4 heteroatoms. The molecule has 0 bridgehead atoms. The minimum absolute atomic E-state index is 0.367. The molecule has 0 aromatic carbocycles. The third-order valence-corrected chi connectivity index (χ3v) is 1.06. The predicted octanol–water partition coefficient (Wildman–Crippen LogP) is -1.18. The van der Waals surface area contributed by atoms with Crippen molar-refractivity contribution in [3.05, 3.63) is 11.0 Å². The molecule has 0 heterocycles. The molecular formula is C3H12OPtSi2. The first kappa shape index (κ1) is 10.7. The Hall–Kier alpha value is 0.822. The second kappa shape index (κ2) is 15.8. The van der Waals surface area contributed by atoms with Crippen LogP contribution < -0.4 is 0 Å². The molecule has 0 aliphatic carbocycles. The van der Waals surface area contributed by atoms with E-state index in [1.807, 2.05) is 4.47 Å². The molecule has 0 saturated heterocycles. The first-order valence-corrected chi connectivity index (χ1v) is 6.94. The summed E-state index contributed by atoms with van der Waals surface area (Å²) in [5.74, 6) is 0. The molecule has 0 aliphatic heterocycles. The third kappa shape index (κ3) is 47.8. The van der Waals surface area contributed by atoms with Crippen molar-refractivity contribution >= 4 is 21.0 Å². The maximum absolute atomic E-state index is 4.53. The van der Waals surface area contributed by atoms with Gasteiger partial charge in [0.2, 0.25) is 0 Å². The molecule has 0 aliphatic rings. The zero-order chi connectivity index (χ0) is 6.12. The molecule has 1 nitrogen and oxygen atoms in total. The second-order valence-corrected chi connectivity index (χ2v) is 6.23. The first-order chi connectivity index (χ1) is 3.33. The van der Waals surface area contributed by atoms with Gasteiger partial charge in [-0.15, -0.1) is 0 Å². The summed E-state index contributed by atoms with van der Waals surface area (Å²) in [6.45, 7) is 3.53. The SMILES string of the molecule is C=[CH][Pt][CH3].[SiH3]O[SiH3]. The van der Waals surface area contributed by atoms with Gasteiger partial charge in [0.05, 0.1) is 0 Å². The molecule has 0 radical (unpaired) electrons. The van der Waals surface area contributed by atoms with E-state index in [9.17, 15) is 0 Å². The van der Waals surface area contributed by atoms with E-state index < -0.39 is 0 Å². The average Bonchev–Trinajstić information content (AvgIpc) is 1.69. The smallest absolute Gasteiger partial charge is 0.129 e. The van der Waals surface area contributed by atoms with Crippen molar-refractivity contribution in [2.45, 2.75) is 5.31 Å². The minimum Gasteiger partial charge on any atom is -0.471 e. The molecule has 0 spiro atoms. The normalized spacial score (nSPS) is 7.57. The Bertz CT molecular complexity index is 34.1. The van der Waals surface area contributed by atoms with Crippen LogP contribution in [-0.4, -0.2) is 21.0 Å². The first-order valence-electron chi connectivity index (χ1n) is 1.72. The molecule has 0 saturated carbocycles. The third-order valence-electron chi connectivity index (χ3n) is 0.129. The van der Waals surface area contributed by atoms with Gasteiger partial charge in [0.15, 0.2) is 0 Å². The fourth-order valence-corrected chi connectivity index (χ4v) is 0. The summed E-state index contributed by atoms with van der Waals surface area (Å²) in [5.41, 5.74) is 0. The molecule has 48 valence electrons. The summed E-state index contributed by atoms with van der Waals surface area (Å²) in [4.78, 5) is 0. The van der Waals surface area contributed by atoms with Crippen LogP contribution in [0.15, 0.2) is 11.0 Å². The van der Waals surface area contributed by atoms with E-state index in [0.717, 1.165) is 21.0 Å². The Balaban J connectivity index is 0. The fourth-order valence-electron chi connectivity index (χ4n) is 0. The van der Waals surface area contributed by atoms with Gasteiger partial charge >= 0.3 is 34.9 Å². The molecule has 0 amide bonds. The van der Waals surface area contributed by atoms with Crippen LogP contribution in [0.1, 0.15) is 0 Å². The molecular weight excluding hydrogens is 303 g/mol. The summed E-state index contributed by atoms with van der Waals surface area (Å²) >= 11 is 0.367. The predicted molar refractivity (Wildman–Crippen MR) is 37.0 cm³/mol. The van der Waals surface area contributed by atoms with Crippen LogP contribution in [0.5, 0.6) is 0 Å². The molecule has 0 aromatic heterocycles. The van der Waals surface area contributed by atoms with Crippen molar-refractivity contribution in [3.63, 3.8) is 0 Å². The van der Waals surface area contributed by atoms with Gasteiger partial charge in [0, 0.05) is 0 Å². The van der Waals surface area contributed by atoms with Crippen LogP contribution in [0.4, 0.5) is 0 Å². The Kier molecular flexibility index (Phi) is 24.3. The number of rotatable bonds is 1. The zero-order valence-corrected chi connectivity index (χ0v) is 11.3. The average molecular weight is 315 g/mol. The topological polar surface area (TPSA) is 9.23 Å². The van der Waals surface area contributed by atoms with Gasteiger partial charge in [0.1, 0.15) is 21.0 Å². The Morgan fingerprint density at radius 3 is 1.86 bits per heavy atom. The molecule has 0 atom stereocenters. The Morgan fingerprint density at radius 2 is 1.86 bits per heavy atom. The Morgan fingerprint density at radius 1 is 1.71 bits per heavy atom. The van der Waals surface area contributed by atoms with Crippen molar-refractivity contribution in [3.8, 4) is 0 Å². The summed E-state index contributed by atoms with van der Waals surface area (Å²) in [6.07, 6.45) is 0. The van der Waals surface area contributed by atoms with Gasteiger partial charge in [-0.1, -0.05) is 0 Å². The van der Waals surface area contributed by atoms with Crippen LogP contribution >= 0.6 is 0 Å². The van der Waals surface area contributed by atoms with E-state index in [1.54, 1.807) is 0 Å². The van der Waals surface area contributed by atoms with E-state index in [1.165, 1.54) is 0 Å².